The summed E-state index contributed by atoms with van der Waals surface area (Å²) in [6, 6.07) is 0. The molecule has 0 N–H and O–H groups in total. The second kappa shape index (κ2) is 13.8. The third kappa shape index (κ3) is 10.9. The first-order valence-corrected chi connectivity index (χ1v) is 7.16. The fourth-order valence-corrected chi connectivity index (χ4v) is 1.58. The molecule has 0 unspecified atom stereocenters. The molecule has 0 amide bonds. The standard InChI is InChI=1S/C14H28O5/c1-4-16-9-7-13(8-10-17-5-2)14(15)19-12-11-18-6-3/h13H,4-12H2,1-3H3. The highest BCUT2D eigenvalue weighted by Crippen LogP contribution is 2.12. The van der Waals surface area contributed by atoms with Gasteiger partial charge in [0.1, 0.15) is 6.61 Å². The first kappa shape index (κ1) is 18.4. The summed E-state index contributed by atoms with van der Waals surface area (Å²) in [6.45, 7) is 9.67. The van der Waals surface area contributed by atoms with Gasteiger partial charge in [-0.2, -0.15) is 0 Å². The molecular weight excluding hydrogens is 248 g/mol. The largest absolute Gasteiger partial charge is 0.463 e. The molecule has 19 heavy (non-hydrogen) atoms. The van der Waals surface area contributed by atoms with Gasteiger partial charge in [-0.3, -0.25) is 4.79 Å². The van der Waals surface area contributed by atoms with Crippen molar-refractivity contribution in [2.24, 2.45) is 5.92 Å². The number of rotatable bonds is 13. The summed E-state index contributed by atoms with van der Waals surface area (Å²) in [7, 11) is 0. The van der Waals surface area contributed by atoms with E-state index >= 15 is 0 Å². The van der Waals surface area contributed by atoms with E-state index in [4.69, 9.17) is 18.9 Å². The first-order valence-electron chi connectivity index (χ1n) is 7.16. The minimum atomic E-state index is -0.181. The zero-order valence-electron chi connectivity index (χ0n) is 12.5. The summed E-state index contributed by atoms with van der Waals surface area (Å²) in [4.78, 5) is 11.9. The smallest absolute Gasteiger partial charge is 0.309 e. The molecule has 0 aliphatic heterocycles. The predicted octanol–water partition coefficient (Wildman–Crippen LogP) is 2.04. The van der Waals surface area contributed by atoms with Crippen LogP contribution in [0.5, 0.6) is 0 Å². The van der Waals surface area contributed by atoms with E-state index in [0.717, 1.165) is 0 Å². The van der Waals surface area contributed by atoms with Crippen molar-refractivity contribution in [3.05, 3.63) is 0 Å². The summed E-state index contributed by atoms with van der Waals surface area (Å²) in [6.07, 6.45) is 1.35. The molecule has 0 spiro atoms. The van der Waals surface area contributed by atoms with Crippen LogP contribution in [0.25, 0.3) is 0 Å². The van der Waals surface area contributed by atoms with Gasteiger partial charge in [0.15, 0.2) is 0 Å². The van der Waals surface area contributed by atoms with Crippen molar-refractivity contribution in [1.82, 2.24) is 0 Å². The van der Waals surface area contributed by atoms with Crippen LogP contribution < -0.4 is 0 Å². The van der Waals surface area contributed by atoms with Gasteiger partial charge in [0.05, 0.1) is 12.5 Å². The molecule has 0 rings (SSSR count). The zero-order valence-corrected chi connectivity index (χ0v) is 12.5. The van der Waals surface area contributed by atoms with E-state index in [0.29, 0.717) is 59.1 Å². The highest BCUT2D eigenvalue weighted by molar-refractivity contribution is 5.72. The number of hydrogen-bond acceptors (Lipinski definition) is 5. The van der Waals surface area contributed by atoms with Crippen LogP contribution in [0, 0.1) is 5.92 Å². The Morgan fingerprint density at radius 1 is 0.789 bits per heavy atom. The molecule has 0 aliphatic rings. The van der Waals surface area contributed by atoms with E-state index in [-0.39, 0.29) is 11.9 Å². The van der Waals surface area contributed by atoms with Gasteiger partial charge >= 0.3 is 5.97 Å². The number of carbonyl (C=O) groups excluding carboxylic acids is 1. The molecule has 0 aliphatic carbocycles. The second-order valence-electron chi connectivity index (χ2n) is 4.03. The van der Waals surface area contributed by atoms with Crippen LogP contribution in [-0.2, 0) is 23.7 Å². The van der Waals surface area contributed by atoms with Gasteiger partial charge < -0.3 is 18.9 Å². The highest BCUT2D eigenvalue weighted by Gasteiger charge is 2.19. The Labute approximate surface area is 116 Å². The normalized spacial score (nSPS) is 10.9. The molecule has 0 radical (unpaired) electrons. The summed E-state index contributed by atoms with van der Waals surface area (Å²) < 4.78 is 20.9. The van der Waals surface area contributed by atoms with Crippen molar-refractivity contribution < 1.29 is 23.7 Å². The summed E-state index contributed by atoms with van der Waals surface area (Å²) >= 11 is 0. The fourth-order valence-electron chi connectivity index (χ4n) is 1.58. The van der Waals surface area contributed by atoms with E-state index in [9.17, 15) is 4.79 Å². The van der Waals surface area contributed by atoms with Gasteiger partial charge in [-0.05, 0) is 33.6 Å². The minimum Gasteiger partial charge on any atom is -0.463 e. The highest BCUT2D eigenvalue weighted by atomic mass is 16.6. The number of hydrogen-bond donors (Lipinski definition) is 0. The predicted molar refractivity (Wildman–Crippen MR) is 73.2 cm³/mol. The van der Waals surface area contributed by atoms with Gasteiger partial charge in [-0.15, -0.1) is 0 Å². The van der Waals surface area contributed by atoms with Crippen LogP contribution >= 0.6 is 0 Å². The summed E-state index contributed by atoms with van der Waals surface area (Å²) in [5.41, 5.74) is 0. The maximum atomic E-state index is 11.9. The van der Waals surface area contributed by atoms with Crippen molar-refractivity contribution in [1.29, 1.82) is 0 Å². The molecule has 5 nitrogen and oxygen atoms in total. The van der Waals surface area contributed by atoms with E-state index in [2.05, 4.69) is 0 Å². The first-order chi connectivity index (χ1) is 9.26. The molecule has 0 saturated heterocycles. The Balaban J connectivity index is 3.94. The van der Waals surface area contributed by atoms with Crippen LogP contribution in [0.2, 0.25) is 0 Å². The van der Waals surface area contributed by atoms with E-state index in [1.807, 2.05) is 20.8 Å². The molecule has 0 aromatic carbocycles. The van der Waals surface area contributed by atoms with Crippen molar-refractivity contribution in [2.75, 3.05) is 46.2 Å². The minimum absolute atomic E-state index is 0.153. The van der Waals surface area contributed by atoms with Crippen LogP contribution in [-0.4, -0.2) is 52.2 Å². The van der Waals surface area contributed by atoms with E-state index in [1.165, 1.54) is 0 Å². The van der Waals surface area contributed by atoms with Gasteiger partial charge in [0.25, 0.3) is 0 Å². The van der Waals surface area contributed by atoms with Crippen LogP contribution in [0.4, 0.5) is 0 Å². The summed E-state index contributed by atoms with van der Waals surface area (Å²) in [5, 5.41) is 0. The molecule has 0 bridgehead atoms. The zero-order chi connectivity index (χ0) is 14.3. The van der Waals surface area contributed by atoms with Gasteiger partial charge in [0, 0.05) is 33.0 Å². The molecular formula is C14H28O5. The van der Waals surface area contributed by atoms with Crippen molar-refractivity contribution in [3.8, 4) is 0 Å². The van der Waals surface area contributed by atoms with Gasteiger partial charge in [-0.1, -0.05) is 0 Å². The maximum Gasteiger partial charge on any atom is 0.309 e. The quantitative estimate of drug-likeness (QED) is 0.380. The van der Waals surface area contributed by atoms with Crippen LogP contribution in [0.1, 0.15) is 33.6 Å². The number of esters is 1. The van der Waals surface area contributed by atoms with Crippen molar-refractivity contribution in [3.63, 3.8) is 0 Å². The van der Waals surface area contributed by atoms with Crippen LogP contribution in [0.15, 0.2) is 0 Å². The molecule has 114 valence electrons. The lowest BCUT2D eigenvalue weighted by Crippen LogP contribution is -2.23. The lowest BCUT2D eigenvalue weighted by molar-refractivity contribution is -0.151. The van der Waals surface area contributed by atoms with Gasteiger partial charge in [-0.25, -0.2) is 0 Å². The SMILES string of the molecule is CCOCCOC(=O)C(CCOCC)CCOCC. The van der Waals surface area contributed by atoms with Gasteiger partial charge in [0.2, 0.25) is 0 Å². The average molecular weight is 276 g/mol. The van der Waals surface area contributed by atoms with E-state index in [1.54, 1.807) is 0 Å². The Hall–Kier alpha value is -0.650. The number of ether oxygens (including phenoxy) is 4. The Kier molecular flexibility index (Phi) is 13.3. The molecule has 0 aromatic rings. The lowest BCUT2D eigenvalue weighted by Gasteiger charge is -2.16. The average Bonchev–Trinajstić information content (AvgIpc) is 2.42. The third-order valence-corrected chi connectivity index (χ3v) is 2.64. The van der Waals surface area contributed by atoms with E-state index < -0.39 is 0 Å². The Morgan fingerprint density at radius 3 is 1.74 bits per heavy atom. The lowest BCUT2D eigenvalue weighted by atomic mass is 10.0. The second-order valence-corrected chi connectivity index (χ2v) is 4.03. The topological polar surface area (TPSA) is 54.0 Å². The van der Waals surface area contributed by atoms with Crippen molar-refractivity contribution in [2.45, 2.75) is 33.6 Å². The molecule has 0 fully saturated rings. The Morgan fingerprint density at radius 2 is 1.26 bits per heavy atom. The molecule has 0 aromatic heterocycles. The maximum absolute atomic E-state index is 11.9. The fraction of sp³-hybridized carbons (Fsp3) is 0.929. The third-order valence-electron chi connectivity index (χ3n) is 2.64. The molecule has 5 heteroatoms. The van der Waals surface area contributed by atoms with Crippen LogP contribution in [0.3, 0.4) is 0 Å². The van der Waals surface area contributed by atoms with Crippen molar-refractivity contribution >= 4 is 5.97 Å². The molecule has 0 heterocycles. The Bertz CT molecular complexity index is 198. The number of carbonyl (C=O) groups is 1. The summed E-state index contributed by atoms with van der Waals surface area (Å²) in [5.74, 6) is -0.334. The monoisotopic (exact) mass is 276 g/mol. The molecule has 0 atom stereocenters. The molecule has 0 saturated carbocycles.